The minimum Gasteiger partial charge on any atom is -0.504 e. The van der Waals surface area contributed by atoms with E-state index < -0.39 is 6.03 Å². The number of fused-ring (bicyclic) bond motifs is 7. The van der Waals surface area contributed by atoms with E-state index in [-0.39, 0.29) is 33.2 Å². The third-order valence-electron chi connectivity index (χ3n) is 11.5. The summed E-state index contributed by atoms with van der Waals surface area (Å²) >= 11 is 0. The second kappa shape index (κ2) is 7.30. The van der Waals surface area contributed by atoms with E-state index in [9.17, 15) is 15.0 Å². The van der Waals surface area contributed by atoms with Crippen LogP contribution >= 0.6 is 0 Å². The molecule has 0 radical (unpaired) electrons. The Balaban J connectivity index is 1.60. The first-order valence-electron chi connectivity index (χ1n) is 13.2. The molecule has 0 saturated heterocycles. The van der Waals surface area contributed by atoms with Crippen molar-refractivity contribution in [1.29, 1.82) is 0 Å². The van der Waals surface area contributed by atoms with Crippen molar-refractivity contribution in [3.8, 4) is 11.5 Å². The predicted molar refractivity (Wildman–Crippen MR) is 140 cm³/mol. The summed E-state index contributed by atoms with van der Waals surface area (Å²) in [6, 6.07) is 1.34. The second-order valence-electron chi connectivity index (χ2n) is 13.5. The number of primary amides is 1. The number of hydrogen-bond acceptors (Lipinski definition) is 3. The van der Waals surface area contributed by atoms with Gasteiger partial charge in [0.15, 0.2) is 11.5 Å². The molecule has 6 unspecified atom stereocenters. The van der Waals surface area contributed by atoms with Crippen LogP contribution in [-0.4, -0.2) is 22.8 Å². The summed E-state index contributed by atoms with van der Waals surface area (Å²) in [5.74, 6) is 0.349. The number of benzene rings is 1. The Morgan fingerprint density at radius 2 is 1.74 bits per heavy atom. The molecule has 5 nitrogen and oxygen atoms in total. The van der Waals surface area contributed by atoms with E-state index in [0.29, 0.717) is 23.1 Å². The van der Waals surface area contributed by atoms with Crippen LogP contribution in [0.3, 0.4) is 0 Å². The third-order valence-corrected chi connectivity index (χ3v) is 11.5. The number of carbonyl (C=O) groups is 1. The van der Waals surface area contributed by atoms with Gasteiger partial charge in [0.25, 0.3) is 0 Å². The van der Waals surface area contributed by atoms with Gasteiger partial charge in [0.05, 0.1) is 0 Å². The van der Waals surface area contributed by atoms with Gasteiger partial charge in [-0.3, -0.25) is 0 Å². The van der Waals surface area contributed by atoms with Crippen LogP contribution in [0.15, 0.2) is 17.7 Å². The number of allylic oxidation sites excluding steroid dienone is 2. The van der Waals surface area contributed by atoms with E-state index in [0.717, 1.165) is 42.9 Å². The highest BCUT2D eigenvalue weighted by Gasteiger charge is 2.66. The molecular weight excluding hydrogens is 436 g/mol. The van der Waals surface area contributed by atoms with Crippen molar-refractivity contribution in [2.75, 3.05) is 6.54 Å². The molecule has 0 heterocycles. The van der Waals surface area contributed by atoms with Crippen LogP contribution in [0.4, 0.5) is 4.79 Å². The lowest BCUT2D eigenvalue weighted by molar-refractivity contribution is -0.157. The quantitative estimate of drug-likeness (QED) is 0.469. The van der Waals surface area contributed by atoms with Crippen LogP contribution < -0.4 is 21.5 Å². The summed E-state index contributed by atoms with van der Waals surface area (Å²) in [5, 5.41) is 25.2. The maximum absolute atomic E-state index is 11.5. The Bertz CT molecular complexity index is 1250. The molecule has 1 aromatic carbocycles. The summed E-state index contributed by atoms with van der Waals surface area (Å²) in [7, 11) is 0. The van der Waals surface area contributed by atoms with E-state index in [4.69, 9.17) is 5.73 Å². The van der Waals surface area contributed by atoms with E-state index in [1.165, 1.54) is 18.4 Å². The molecule has 0 bridgehead atoms. The molecule has 5 N–H and O–H groups in total. The number of phenols is 2. The fourth-order valence-electron chi connectivity index (χ4n) is 8.90. The summed E-state index contributed by atoms with van der Waals surface area (Å²) in [6.45, 7) is 16.9. The zero-order chi connectivity index (χ0) is 25.6. The van der Waals surface area contributed by atoms with E-state index in [1.807, 2.05) is 0 Å². The van der Waals surface area contributed by atoms with Gasteiger partial charge in [0, 0.05) is 17.2 Å². The van der Waals surface area contributed by atoms with Gasteiger partial charge in [-0.25, -0.2) is 4.79 Å². The van der Waals surface area contributed by atoms with Crippen molar-refractivity contribution in [3.63, 3.8) is 0 Å². The Hall–Kier alpha value is -2.43. The smallest absolute Gasteiger partial charge is 0.312 e. The van der Waals surface area contributed by atoms with Crippen LogP contribution in [0.1, 0.15) is 85.1 Å². The molecule has 190 valence electrons. The zero-order valence-corrected chi connectivity index (χ0v) is 22.1. The Morgan fingerprint density at radius 3 is 2.43 bits per heavy atom. The number of phenolic OH excluding ortho intramolecular Hbond substituents is 2. The monoisotopic (exact) mass is 478 g/mol. The average molecular weight is 479 g/mol. The third kappa shape index (κ3) is 3.15. The molecule has 5 heteroatoms. The van der Waals surface area contributed by atoms with Crippen molar-refractivity contribution in [3.05, 3.63) is 33.7 Å². The number of aromatic hydroxyl groups is 2. The van der Waals surface area contributed by atoms with Gasteiger partial charge in [0.1, 0.15) is 0 Å². The lowest BCUT2D eigenvalue weighted by Crippen LogP contribution is -2.63. The molecule has 0 spiro atoms. The van der Waals surface area contributed by atoms with E-state index >= 15 is 0 Å². The molecule has 3 saturated carbocycles. The second-order valence-corrected chi connectivity index (χ2v) is 13.5. The minimum atomic E-state index is -0.437. The number of amides is 2. The zero-order valence-electron chi connectivity index (χ0n) is 22.1. The number of carbonyl (C=O) groups excluding carboxylic acids is 1. The van der Waals surface area contributed by atoms with Crippen LogP contribution in [0, 0.1) is 27.6 Å². The molecule has 0 aromatic heterocycles. The molecule has 4 aliphatic rings. The van der Waals surface area contributed by atoms with Gasteiger partial charge in [0.2, 0.25) is 0 Å². The van der Waals surface area contributed by atoms with Crippen molar-refractivity contribution in [2.45, 2.75) is 85.0 Å². The van der Waals surface area contributed by atoms with Crippen molar-refractivity contribution < 1.29 is 15.0 Å². The standard InChI is InChI=1S/C30H42N2O3/c1-18-19-7-8-22-28(4,20(19)15-21(33)24(18)34)12-14-30(6)23-16-26(2,17-32-25(31)35)9-10-27(23,3)11-13-29(22,30)5/h7-8,15,23,33-34H,1,9-14,16-17H2,2-6H3,(H3,31,32,35). The maximum atomic E-state index is 11.5. The average Bonchev–Trinajstić information content (AvgIpc) is 2.80. The summed E-state index contributed by atoms with van der Waals surface area (Å²) in [6.07, 6.45) is 12.3. The fraction of sp³-hybridized carbons (Fsp3) is 0.633. The van der Waals surface area contributed by atoms with Crippen molar-refractivity contribution in [2.24, 2.45) is 33.3 Å². The molecule has 3 fully saturated rings. The number of rotatable bonds is 2. The molecule has 5 rings (SSSR count). The normalized spacial score (nSPS) is 41.9. The molecular formula is C30H42N2O3. The SMILES string of the molecule is C=c1c(O)c(O)cc2c1=CC=C1C2(C)CCC2(C)C3CC(C)(CNC(N)=O)CCC3(C)CCC12C. The molecule has 35 heavy (non-hydrogen) atoms. The van der Waals surface area contributed by atoms with E-state index in [1.54, 1.807) is 6.07 Å². The van der Waals surface area contributed by atoms with Gasteiger partial charge in [-0.1, -0.05) is 58.9 Å². The van der Waals surface area contributed by atoms with Gasteiger partial charge in [-0.05, 0) is 89.4 Å². The van der Waals surface area contributed by atoms with E-state index in [2.05, 4.69) is 58.7 Å². The van der Waals surface area contributed by atoms with Crippen molar-refractivity contribution >= 4 is 18.7 Å². The van der Waals surface area contributed by atoms with Gasteiger partial charge in [-0.15, -0.1) is 0 Å². The van der Waals surface area contributed by atoms with Crippen molar-refractivity contribution in [1.82, 2.24) is 5.32 Å². The number of nitrogens with two attached hydrogens (primary N) is 1. The number of hydrogen-bond donors (Lipinski definition) is 4. The number of nitrogens with one attached hydrogen (secondary N) is 1. The maximum Gasteiger partial charge on any atom is 0.312 e. The Kier molecular flexibility index (Phi) is 5.06. The lowest BCUT2D eigenvalue weighted by Gasteiger charge is -2.70. The van der Waals surface area contributed by atoms with Crippen LogP contribution in [0.25, 0.3) is 12.7 Å². The largest absolute Gasteiger partial charge is 0.504 e. The van der Waals surface area contributed by atoms with Crippen LogP contribution in [0.2, 0.25) is 0 Å². The fourth-order valence-corrected chi connectivity index (χ4v) is 8.90. The topological polar surface area (TPSA) is 95.6 Å². The molecule has 2 amide bonds. The first-order chi connectivity index (χ1) is 16.2. The predicted octanol–water partition coefficient (Wildman–Crippen LogP) is 4.57. The first-order valence-corrected chi connectivity index (χ1v) is 13.2. The minimum absolute atomic E-state index is 0.0164. The number of urea groups is 1. The summed E-state index contributed by atoms with van der Waals surface area (Å²) in [4.78, 5) is 11.5. The first kappa shape index (κ1) is 24.3. The summed E-state index contributed by atoms with van der Waals surface area (Å²) in [5.41, 5.74) is 8.27. The highest BCUT2D eigenvalue weighted by molar-refractivity contribution is 5.71. The summed E-state index contributed by atoms with van der Waals surface area (Å²) < 4.78 is 0. The Morgan fingerprint density at radius 1 is 1.06 bits per heavy atom. The van der Waals surface area contributed by atoms with Crippen LogP contribution in [0.5, 0.6) is 11.5 Å². The Labute approximate surface area is 209 Å². The van der Waals surface area contributed by atoms with Gasteiger partial charge >= 0.3 is 6.03 Å². The molecule has 0 aliphatic heterocycles. The molecule has 1 aromatic rings. The highest BCUT2D eigenvalue weighted by atomic mass is 16.3. The molecule has 6 atom stereocenters. The highest BCUT2D eigenvalue weighted by Crippen LogP contribution is 2.74. The van der Waals surface area contributed by atoms with Gasteiger partial charge < -0.3 is 21.3 Å². The lowest BCUT2D eigenvalue weighted by atomic mass is 9.35. The van der Waals surface area contributed by atoms with Gasteiger partial charge in [-0.2, -0.15) is 0 Å². The molecule has 4 aliphatic carbocycles. The van der Waals surface area contributed by atoms with Crippen LogP contribution in [-0.2, 0) is 5.41 Å².